The van der Waals surface area contributed by atoms with Crippen molar-refractivity contribution in [2.45, 2.75) is 4.90 Å². The minimum absolute atomic E-state index is 0.00583. The van der Waals surface area contributed by atoms with Gasteiger partial charge < -0.3 is 4.90 Å². The molecule has 2 amide bonds. The largest absolute Gasteiger partial charge is 0.315 e. The van der Waals surface area contributed by atoms with Crippen molar-refractivity contribution in [2.24, 2.45) is 0 Å². The molecule has 1 saturated heterocycles. The molecule has 4 rings (SSSR count). The summed E-state index contributed by atoms with van der Waals surface area (Å²) in [6.45, 7) is 1.62. The molecule has 0 saturated carbocycles. The third-order valence-corrected chi connectivity index (χ3v) is 7.27. The van der Waals surface area contributed by atoms with Crippen LogP contribution in [0.25, 0.3) is 0 Å². The molecular formula is C20H19N4O4S+. The highest BCUT2D eigenvalue weighted by molar-refractivity contribution is 7.89. The molecule has 0 aromatic heterocycles. The van der Waals surface area contributed by atoms with Crippen LogP contribution in [0.15, 0.2) is 53.4 Å². The highest BCUT2D eigenvalue weighted by Gasteiger charge is 2.39. The SMILES string of the molecule is N#Cc1ccccc1S(=O)(=O)N1CC[NH+](CN2C(=O)c3ccccc3C2=O)CC1. The fraction of sp³-hybridized carbons (Fsp3) is 0.250. The summed E-state index contributed by atoms with van der Waals surface area (Å²) in [5.74, 6) is -0.618. The quantitative estimate of drug-likeness (QED) is 0.696. The van der Waals surface area contributed by atoms with Gasteiger partial charge in [-0.3, -0.25) is 9.59 Å². The normalized spacial score (nSPS) is 18.0. The molecule has 2 heterocycles. The number of piperazine rings is 1. The Morgan fingerprint density at radius 1 is 0.931 bits per heavy atom. The minimum Gasteiger partial charge on any atom is -0.315 e. The molecule has 0 unspecified atom stereocenters. The van der Waals surface area contributed by atoms with Gasteiger partial charge in [-0.1, -0.05) is 24.3 Å². The number of carbonyl (C=O) groups is 2. The zero-order valence-corrected chi connectivity index (χ0v) is 16.4. The molecule has 0 bridgehead atoms. The number of carbonyl (C=O) groups excluding carboxylic acids is 2. The summed E-state index contributed by atoms with van der Waals surface area (Å²) in [4.78, 5) is 27.2. The number of nitriles is 1. The molecule has 0 aliphatic carbocycles. The van der Waals surface area contributed by atoms with Gasteiger partial charge in [-0.05, 0) is 24.3 Å². The number of amides is 2. The van der Waals surface area contributed by atoms with E-state index in [1.165, 1.54) is 21.3 Å². The lowest BCUT2D eigenvalue weighted by atomic mass is 10.1. The van der Waals surface area contributed by atoms with Gasteiger partial charge in [0.1, 0.15) is 6.07 Å². The maximum absolute atomic E-state index is 12.9. The van der Waals surface area contributed by atoms with Gasteiger partial charge in [-0.15, -0.1) is 0 Å². The van der Waals surface area contributed by atoms with Gasteiger partial charge in [0.15, 0.2) is 6.67 Å². The topological polar surface area (TPSA) is 103 Å². The second-order valence-electron chi connectivity index (χ2n) is 7.00. The molecule has 0 spiro atoms. The van der Waals surface area contributed by atoms with Gasteiger partial charge in [-0.2, -0.15) is 9.57 Å². The van der Waals surface area contributed by atoms with E-state index in [0.717, 1.165) is 4.90 Å². The molecule has 29 heavy (non-hydrogen) atoms. The first-order chi connectivity index (χ1) is 13.9. The number of rotatable bonds is 4. The standard InChI is InChI=1S/C20H18N4O4S/c21-13-15-5-1-4-8-18(15)29(27,28)23-11-9-22(10-12-23)14-24-19(25)16-6-2-3-7-17(16)20(24)26/h1-8H,9-12,14H2/p+1. The summed E-state index contributed by atoms with van der Waals surface area (Å²) >= 11 is 0. The van der Waals surface area contributed by atoms with Crippen LogP contribution in [0.1, 0.15) is 26.3 Å². The molecule has 1 fully saturated rings. The van der Waals surface area contributed by atoms with E-state index in [-0.39, 0.29) is 42.0 Å². The Kier molecular flexibility index (Phi) is 4.92. The van der Waals surface area contributed by atoms with Crippen LogP contribution >= 0.6 is 0 Å². The van der Waals surface area contributed by atoms with Crippen LogP contribution in [0.4, 0.5) is 0 Å². The summed E-state index contributed by atoms with van der Waals surface area (Å²) in [5, 5.41) is 9.20. The van der Waals surface area contributed by atoms with E-state index in [1.807, 2.05) is 6.07 Å². The third kappa shape index (κ3) is 3.31. The Labute approximate surface area is 168 Å². The number of quaternary nitrogens is 1. The summed E-state index contributed by atoms with van der Waals surface area (Å²) in [5.41, 5.74) is 0.936. The van der Waals surface area contributed by atoms with E-state index in [2.05, 4.69) is 0 Å². The van der Waals surface area contributed by atoms with Crippen molar-refractivity contribution in [1.82, 2.24) is 9.21 Å². The van der Waals surface area contributed by atoms with E-state index < -0.39 is 10.0 Å². The van der Waals surface area contributed by atoms with Crippen LogP contribution in [0.3, 0.4) is 0 Å². The molecule has 2 aliphatic rings. The lowest BCUT2D eigenvalue weighted by molar-refractivity contribution is -0.910. The number of imide groups is 1. The number of sulfonamides is 1. The zero-order chi connectivity index (χ0) is 20.6. The fourth-order valence-corrected chi connectivity index (χ4v) is 5.31. The Morgan fingerprint density at radius 3 is 2.07 bits per heavy atom. The molecule has 0 radical (unpaired) electrons. The van der Waals surface area contributed by atoms with E-state index in [9.17, 15) is 23.3 Å². The maximum Gasteiger partial charge on any atom is 0.265 e. The van der Waals surface area contributed by atoms with Crippen molar-refractivity contribution in [3.63, 3.8) is 0 Å². The summed E-state index contributed by atoms with van der Waals surface area (Å²) in [6.07, 6.45) is 0. The first-order valence-electron chi connectivity index (χ1n) is 9.21. The summed E-state index contributed by atoms with van der Waals surface area (Å²) < 4.78 is 27.2. The van der Waals surface area contributed by atoms with Crippen molar-refractivity contribution in [2.75, 3.05) is 32.8 Å². The highest BCUT2D eigenvalue weighted by atomic mass is 32.2. The molecule has 2 aromatic rings. The molecule has 0 atom stereocenters. The van der Waals surface area contributed by atoms with Crippen LogP contribution < -0.4 is 4.90 Å². The second-order valence-corrected chi connectivity index (χ2v) is 8.91. The lowest BCUT2D eigenvalue weighted by Crippen LogP contribution is -3.16. The monoisotopic (exact) mass is 411 g/mol. The fourth-order valence-electron chi connectivity index (χ4n) is 3.73. The molecule has 148 valence electrons. The van der Waals surface area contributed by atoms with Crippen molar-refractivity contribution >= 4 is 21.8 Å². The zero-order valence-electron chi connectivity index (χ0n) is 15.5. The number of nitrogens with zero attached hydrogens (tertiary/aromatic N) is 3. The van der Waals surface area contributed by atoms with E-state index >= 15 is 0 Å². The Morgan fingerprint density at radius 2 is 1.48 bits per heavy atom. The maximum atomic E-state index is 12.9. The average molecular weight is 411 g/mol. The predicted octanol–water partition coefficient (Wildman–Crippen LogP) is -0.299. The minimum atomic E-state index is -3.77. The molecule has 2 aromatic carbocycles. The van der Waals surface area contributed by atoms with Gasteiger partial charge in [0.05, 0.1) is 47.8 Å². The first kappa shape index (κ1) is 19.3. The van der Waals surface area contributed by atoms with Gasteiger partial charge in [-0.25, -0.2) is 13.3 Å². The predicted molar refractivity (Wildman–Crippen MR) is 102 cm³/mol. The van der Waals surface area contributed by atoms with E-state index in [0.29, 0.717) is 24.2 Å². The Hall–Kier alpha value is -3.06. The van der Waals surface area contributed by atoms with E-state index in [1.54, 1.807) is 36.4 Å². The smallest absolute Gasteiger partial charge is 0.265 e. The molecular weight excluding hydrogens is 392 g/mol. The third-order valence-electron chi connectivity index (χ3n) is 5.31. The highest BCUT2D eigenvalue weighted by Crippen LogP contribution is 2.22. The second kappa shape index (κ2) is 7.40. The molecule has 8 nitrogen and oxygen atoms in total. The van der Waals surface area contributed by atoms with Crippen LogP contribution in [-0.4, -0.2) is 62.3 Å². The number of hydrogen-bond acceptors (Lipinski definition) is 5. The molecule has 9 heteroatoms. The summed E-state index contributed by atoms with van der Waals surface area (Å²) in [6, 6.07) is 14.8. The van der Waals surface area contributed by atoms with E-state index in [4.69, 9.17) is 0 Å². The van der Waals surface area contributed by atoms with Crippen molar-refractivity contribution < 1.29 is 22.9 Å². The van der Waals surface area contributed by atoms with Gasteiger partial charge >= 0.3 is 0 Å². The van der Waals surface area contributed by atoms with Crippen LogP contribution in [0.2, 0.25) is 0 Å². The number of fused-ring (bicyclic) bond motifs is 1. The Balaban J connectivity index is 1.44. The molecule has 2 aliphatic heterocycles. The first-order valence-corrected chi connectivity index (χ1v) is 10.7. The molecule has 1 N–H and O–H groups in total. The van der Waals surface area contributed by atoms with Gasteiger partial charge in [0, 0.05) is 0 Å². The average Bonchev–Trinajstić information content (AvgIpc) is 2.99. The van der Waals surface area contributed by atoms with Gasteiger partial charge in [0.25, 0.3) is 11.8 Å². The number of benzene rings is 2. The number of hydrogen-bond donors (Lipinski definition) is 1. The summed E-state index contributed by atoms with van der Waals surface area (Å²) in [7, 11) is -3.77. The van der Waals surface area contributed by atoms with Crippen LogP contribution in [0.5, 0.6) is 0 Å². The van der Waals surface area contributed by atoms with Crippen molar-refractivity contribution in [3.05, 3.63) is 65.2 Å². The van der Waals surface area contributed by atoms with Crippen LogP contribution in [0, 0.1) is 11.3 Å². The van der Waals surface area contributed by atoms with Crippen molar-refractivity contribution in [3.8, 4) is 6.07 Å². The number of nitrogens with one attached hydrogen (secondary N) is 1. The Bertz CT molecular complexity index is 1100. The van der Waals surface area contributed by atoms with Crippen LogP contribution in [-0.2, 0) is 10.0 Å². The van der Waals surface area contributed by atoms with Crippen molar-refractivity contribution in [1.29, 1.82) is 5.26 Å². The van der Waals surface area contributed by atoms with Gasteiger partial charge in [0.2, 0.25) is 10.0 Å². The lowest BCUT2D eigenvalue weighted by Gasteiger charge is -2.33.